The summed E-state index contributed by atoms with van der Waals surface area (Å²) < 4.78 is 0. The Balaban J connectivity index is 2.47. The summed E-state index contributed by atoms with van der Waals surface area (Å²) in [5.74, 6) is -0.304. The maximum Gasteiger partial charge on any atom is 0.230 e. The molecule has 1 unspecified atom stereocenters. The molecule has 4 heteroatoms. The van der Waals surface area contributed by atoms with Crippen molar-refractivity contribution < 1.29 is 14.7 Å². The Hall–Kier alpha value is -0.900. The van der Waals surface area contributed by atoms with Crippen LogP contribution in [-0.4, -0.2) is 40.4 Å². The number of ketones is 1. The minimum Gasteiger partial charge on any atom is -0.388 e. The molecular formula is C9H15NO3. The van der Waals surface area contributed by atoms with Gasteiger partial charge < -0.3 is 10.0 Å². The van der Waals surface area contributed by atoms with Crippen molar-refractivity contribution in [2.75, 3.05) is 13.1 Å². The van der Waals surface area contributed by atoms with E-state index in [1.54, 1.807) is 11.8 Å². The Kier molecular flexibility index (Phi) is 2.71. The molecule has 74 valence electrons. The molecule has 4 nitrogen and oxygen atoms in total. The second-order valence-electron chi connectivity index (χ2n) is 3.94. The van der Waals surface area contributed by atoms with Gasteiger partial charge in [0.15, 0.2) is 0 Å². The van der Waals surface area contributed by atoms with Gasteiger partial charge in [-0.3, -0.25) is 9.59 Å². The van der Waals surface area contributed by atoms with Crippen molar-refractivity contribution in [1.82, 2.24) is 4.90 Å². The maximum absolute atomic E-state index is 11.3. The third kappa shape index (κ3) is 2.81. The van der Waals surface area contributed by atoms with Crippen molar-refractivity contribution >= 4 is 11.7 Å². The molecule has 0 aromatic heterocycles. The molecule has 0 aromatic carbocycles. The molecule has 1 heterocycles. The summed E-state index contributed by atoms with van der Waals surface area (Å²) >= 11 is 0. The van der Waals surface area contributed by atoms with Crippen molar-refractivity contribution in [1.29, 1.82) is 0 Å². The van der Waals surface area contributed by atoms with Crippen LogP contribution in [0.1, 0.15) is 26.7 Å². The minimum atomic E-state index is -0.771. The Morgan fingerprint density at radius 2 is 2.15 bits per heavy atom. The molecule has 13 heavy (non-hydrogen) atoms. The highest BCUT2D eigenvalue weighted by atomic mass is 16.3. The second kappa shape index (κ2) is 3.46. The molecule has 1 amide bonds. The zero-order chi connectivity index (χ0) is 10.1. The first-order valence-corrected chi connectivity index (χ1v) is 4.40. The smallest absolute Gasteiger partial charge is 0.230 e. The predicted molar refractivity (Wildman–Crippen MR) is 47.1 cm³/mol. The number of amides is 1. The van der Waals surface area contributed by atoms with E-state index in [4.69, 9.17) is 0 Å². The third-order valence-electron chi connectivity index (χ3n) is 2.20. The first-order valence-electron chi connectivity index (χ1n) is 4.40. The van der Waals surface area contributed by atoms with Crippen LogP contribution in [0, 0.1) is 0 Å². The molecule has 0 bridgehead atoms. The summed E-state index contributed by atoms with van der Waals surface area (Å²) in [7, 11) is 0. The number of rotatable bonds is 2. The summed E-state index contributed by atoms with van der Waals surface area (Å²) in [6.07, 6.45) is 0.548. The van der Waals surface area contributed by atoms with Crippen LogP contribution in [0.4, 0.5) is 0 Å². The Morgan fingerprint density at radius 1 is 1.54 bits per heavy atom. The van der Waals surface area contributed by atoms with Gasteiger partial charge in [0.2, 0.25) is 5.91 Å². The molecule has 1 aliphatic heterocycles. The van der Waals surface area contributed by atoms with Gasteiger partial charge in [-0.25, -0.2) is 0 Å². The molecule has 1 atom stereocenters. The average Bonchev–Trinajstić information content (AvgIpc) is 2.28. The van der Waals surface area contributed by atoms with E-state index in [0.717, 1.165) is 0 Å². The van der Waals surface area contributed by atoms with Gasteiger partial charge in [0, 0.05) is 13.1 Å². The van der Waals surface area contributed by atoms with Crippen LogP contribution in [0.2, 0.25) is 0 Å². The van der Waals surface area contributed by atoms with Crippen LogP contribution in [0.3, 0.4) is 0 Å². The van der Waals surface area contributed by atoms with Crippen molar-refractivity contribution in [3.63, 3.8) is 0 Å². The van der Waals surface area contributed by atoms with E-state index < -0.39 is 5.60 Å². The topological polar surface area (TPSA) is 57.6 Å². The van der Waals surface area contributed by atoms with Crippen molar-refractivity contribution in [3.8, 4) is 0 Å². The van der Waals surface area contributed by atoms with E-state index in [9.17, 15) is 14.7 Å². The number of aliphatic hydroxyl groups is 1. The van der Waals surface area contributed by atoms with Crippen molar-refractivity contribution in [3.05, 3.63) is 0 Å². The van der Waals surface area contributed by atoms with Crippen LogP contribution in [0.5, 0.6) is 0 Å². The molecule has 1 aliphatic rings. The van der Waals surface area contributed by atoms with Gasteiger partial charge in [0.25, 0.3) is 0 Å². The van der Waals surface area contributed by atoms with Crippen molar-refractivity contribution in [2.45, 2.75) is 32.3 Å². The monoisotopic (exact) mass is 185 g/mol. The van der Waals surface area contributed by atoms with Gasteiger partial charge in [-0.05, 0) is 20.3 Å². The quantitative estimate of drug-likeness (QED) is 0.613. The molecule has 1 fully saturated rings. The largest absolute Gasteiger partial charge is 0.388 e. The van der Waals surface area contributed by atoms with E-state index >= 15 is 0 Å². The number of hydrogen-bond acceptors (Lipinski definition) is 3. The Morgan fingerprint density at radius 3 is 2.54 bits per heavy atom. The zero-order valence-corrected chi connectivity index (χ0v) is 8.04. The van der Waals surface area contributed by atoms with E-state index in [-0.39, 0.29) is 18.1 Å². The lowest BCUT2D eigenvalue weighted by atomic mass is 10.1. The molecule has 0 radical (unpaired) electrons. The highest BCUT2D eigenvalue weighted by molar-refractivity contribution is 5.96. The Bertz CT molecular complexity index is 235. The van der Waals surface area contributed by atoms with Gasteiger partial charge >= 0.3 is 0 Å². The molecule has 0 aliphatic carbocycles. The van der Waals surface area contributed by atoms with Gasteiger partial charge in [0.1, 0.15) is 5.78 Å². The molecule has 1 saturated heterocycles. The number of β-amino-alcohol motifs (C(OH)–C–C–N with tert-alkyl or cyclic N) is 1. The van der Waals surface area contributed by atoms with Crippen LogP contribution < -0.4 is 0 Å². The third-order valence-corrected chi connectivity index (χ3v) is 2.20. The van der Waals surface area contributed by atoms with E-state index in [0.29, 0.717) is 19.5 Å². The van der Waals surface area contributed by atoms with Crippen LogP contribution >= 0.6 is 0 Å². The normalized spacial score (nSPS) is 27.8. The molecule has 0 aromatic rings. The lowest BCUT2D eigenvalue weighted by molar-refractivity contribution is -0.134. The lowest BCUT2D eigenvalue weighted by Crippen LogP contribution is -2.34. The number of carbonyl (C=O) groups is 2. The number of nitrogens with zero attached hydrogens (tertiary/aromatic N) is 1. The van der Waals surface area contributed by atoms with Gasteiger partial charge in [-0.2, -0.15) is 0 Å². The van der Waals surface area contributed by atoms with Crippen LogP contribution in [-0.2, 0) is 9.59 Å². The fourth-order valence-corrected chi connectivity index (χ4v) is 1.48. The molecule has 0 saturated carbocycles. The molecule has 1 N–H and O–H groups in total. The fourth-order valence-electron chi connectivity index (χ4n) is 1.48. The molecule has 1 rings (SSSR count). The average molecular weight is 185 g/mol. The van der Waals surface area contributed by atoms with E-state index in [1.807, 2.05) is 0 Å². The summed E-state index contributed by atoms with van der Waals surface area (Å²) in [6, 6.07) is 0. The Labute approximate surface area is 77.5 Å². The van der Waals surface area contributed by atoms with Crippen LogP contribution in [0.15, 0.2) is 0 Å². The highest BCUT2D eigenvalue weighted by Gasteiger charge is 2.33. The summed E-state index contributed by atoms with van der Waals surface area (Å²) in [5.41, 5.74) is -0.771. The van der Waals surface area contributed by atoms with Crippen LogP contribution in [0.25, 0.3) is 0 Å². The first kappa shape index (κ1) is 10.2. The minimum absolute atomic E-state index is 0.0456. The fraction of sp³-hybridized carbons (Fsp3) is 0.778. The predicted octanol–water partition coefficient (Wildman–Crippen LogP) is -0.0512. The number of carbonyl (C=O) groups excluding carboxylic acids is 2. The van der Waals surface area contributed by atoms with Gasteiger partial charge in [0.05, 0.1) is 12.0 Å². The molecule has 0 spiro atoms. The second-order valence-corrected chi connectivity index (χ2v) is 3.94. The number of Topliss-reactive ketones (excluding diaryl/α,β-unsaturated/α-hetero) is 1. The highest BCUT2D eigenvalue weighted by Crippen LogP contribution is 2.20. The standard InChI is InChI=1S/C9H15NO3/c1-7(11)5-8(12)10-4-3-9(2,13)6-10/h13H,3-6H2,1-2H3. The first-order chi connectivity index (χ1) is 5.91. The van der Waals surface area contributed by atoms with E-state index in [1.165, 1.54) is 6.92 Å². The number of hydrogen-bond donors (Lipinski definition) is 1. The summed E-state index contributed by atoms with van der Waals surface area (Å²) in [5, 5.41) is 9.57. The lowest BCUT2D eigenvalue weighted by Gasteiger charge is -2.18. The van der Waals surface area contributed by atoms with Gasteiger partial charge in [-0.15, -0.1) is 0 Å². The summed E-state index contributed by atoms with van der Waals surface area (Å²) in [4.78, 5) is 23.5. The SMILES string of the molecule is CC(=O)CC(=O)N1CCC(C)(O)C1. The summed E-state index contributed by atoms with van der Waals surface area (Å²) in [6.45, 7) is 4.00. The zero-order valence-electron chi connectivity index (χ0n) is 8.04. The molecular weight excluding hydrogens is 170 g/mol. The van der Waals surface area contributed by atoms with E-state index in [2.05, 4.69) is 0 Å². The number of likely N-dealkylation sites (tertiary alicyclic amines) is 1. The van der Waals surface area contributed by atoms with Crippen molar-refractivity contribution in [2.24, 2.45) is 0 Å². The maximum atomic E-state index is 11.3. The van der Waals surface area contributed by atoms with Gasteiger partial charge in [-0.1, -0.05) is 0 Å².